The van der Waals surface area contributed by atoms with Gasteiger partial charge in [-0.15, -0.1) is 0 Å². The van der Waals surface area contributed by atoms with E-state index in [4.69, 9.17) is 0 Å². The van der Waals surface area contributed by atoms with Crippen molar-refractivity contribution in [2.75, 3.05) is 6.54 Å². The molecule has 2 N–H and O–H groups in total. The maximum absolute atomic E-state index is 11.8. The molecule has 0 bridgehead atoms. The van der Waals surface area contributed by atoms with Gasteiger partial charge in [0.25, 0.3) is 0 Å². The maximum atomic E-state index is 11.8. The van der Waals surface area contributed by atoms with Gasteiger partial charge < -0.3 is 15.2 Å². The Balaban J connectivity index is 1.48. The minimum atomic E-state index is -0.0339. The molecular weight excluding hydrogens is 250 g/mol. The van der Waals surface area contributed by atoms with Crippen LogP contribution in [0, 0.1) is 0 Å². The first-order valence-corrected chi connectivity index (χ1v) is 7.41. The van der Waals surface area contributed by atoms with Crippen LogP contribution in [-0.2, 0) is 6.54 Å². The molecule has 0 unspecified atom stereocenters. The van der Waals surface area contributed by atoms with Crippen LogP contribution in [0.1, 0.15) is 25.7 Å². The zero-order valence-electron chi connectivity index (χ0n) is 11.6. The summed E-state index contributed by atoms with van der Waals surface area (Å²) in [6.07, 6.45) is 6.78. The second-order valence-corrected chi connectivity index (χ2v) is 5.45. The number of benzene rings is 1. The Morgan fingerprint density at radius 3 is 2.85 bits per heavy atom. The van der Waals surface area contributed by atoms with E-state index in [1.165, 1.54) is 23.7 Å². The largest absolute Gasteiger partial charge is 0.346 e. The van der Waals surface area contributed by atoms with Crippen molar-refractivity contribution in [1.29, 1.82) is 0 Å². The number of aromatic nitrogens is 1. The van der Waals surface area contributed by atoms with Crippen molar-refractivity contribution in [3.8, 4) is 0 Å². The molecule has 1 aromatic heterocycles. The highest BCUT2D eigenvalue weighted by Gasteiger charge is 2.16. The van der Waals surface area contributed by atoms with E-state index in [2.05, 4.69) is 39.6 Å². The summed E-state index contributed by atoms with van der Waals surface area (Å²) < 4.78 is 2.17. The quantitative estimate of drug-likeness (QED) is 0.882. The topological polar surface area (TPSA) is 46.1 Å². The lowest BCUT2D eigenvalue weighted by molar-refractivity contribution is 0.236. The lowest BCUT2D eigenvalue weighted by Crippen LogP contribution is -2.41. The fraction of sp³-hybridized carbons (Fsp3) is 0.438. The molecule has 1 heterocycles. The minimum Gasteiger partial charge on any atom is -0.346 e. The highest BCUT2D eigenvalue weighted by atomic mass is 16.2. The molecule has 4 heteroatoms. The number of amides is 2. The summed E-state index contributed by atoms with van der Waals surface area (Å²) in [6, 6.07) is 10.7. The molecule has 1 aliphatic carbocycles. The van der Waals surface area contributed by atoms with Crippen molar-refractivity contribution in [2.24, 2.45) is 0 Å². The first-order valence-electron chi connectivity index (χ1n) is 7.41. The molecule has 2 amide bonds. The number of hydrogen-bond acceptors (Lipinski definition) is 1. The monoisotopic (exact) mass is 271 g/mol. The summed E-state index contributed by atoms with van der Waals surface area (Å²) in [5.41, 5.74) is 1.21. The van der Waals surface area contributed by atoms with E-state index in [-0.39, 0.29) is 6.03 Å². The van der Waals surface area contributed by atoms with Crippen molar-refractivity contribution in [3.63, 3.8) is 0 Å². The zero-order chi connectivity index (χ0) is 13.8. The van der Waals surface area contributed by atoms with Gasteiger partial charge in [0, 0.05) is 30.8 Å². The van der Waals surface area contributed by atoms with E-state index in [9.17, 15) is 4.79 Å². The van der Waals surface area contributed by atoms with E-state index in [1.54, 1.807) is 0 Å². The smallest absolute Gasteiger partial charge is 0.315 e. The van der Waals surface area contributed by atoms with Gasteiger partial charge in [0.2, 0.25) is 0 Å². The number of rotatable bonds is 4. The normalized spacial score (nSPS) is 15.6. The number of carbonyl (C=O) groups is 1. The third kappa shape index (κ3) is 2.95. The van der Waals surface area contributed by atoms with Crippen molar-refractivity contribution in [1.82, 2.24) is 15.2 Å². The molecule has 1 fully saturated rings. The fourth-order valence-electron chi connectivity index (χ4n) is 2.93. The van der Waals surface area contributed by atoms with Crippen LogP contribution in [0.5, 0.6) is 0 Å². The number of hydrogen-bond donors (Lipinski definition) is 2. The molecule has 0 spiro atoms. The lowest BCUT2D eigenvalue weighted by atomic mass is 10.2. The molecule has 0 aliphatic heterocycles. The van der Waals surface area contributed by atoms with Gasteiger partial charge in [0.15, 0.2) is 0 Å². The highest BCUT2D eigenvalue weighted by Crippen LogP contribution is 2.17. The van der Waals surface area contributed by atoms with E-state index in [1.807, 2.05) is 12.1 Å². The molecule has 1 aromatic carbocycles. The second kappa shape index (κ2) is 5.99. The van der Waals surface area contributed by atoms with Crippen LogP contribution in [0.2, 0.25) is 0 Å². The zero-order valence-corrected chi connectivity index (χ0v) is 11.6. The van der Waals surface area contributed by atoms with Crippen molar-refractivity contribution >= 4 is 16.9 Å². The van der Waals surface area contributed by atoms with E-state index in [0.717, 1.165) is 19.4 Å². The van der Waals surface area contributed by atoms with Crippen LogP contribution < -0.4 is 10.6 Å². The summed E-state index contributed by atoms with van der Waals surface area (Å²) in [4.78, 5) is 11.8. The molecule has 0 saturated heterocycles. The summed E-state index contributed by atoms with van der Waals surface area (Å²) in [5, 5.41) is 7.22. The molecule has 3 rings (SSSR count). The number of carbonyl (C=O) groups excluding carboxylic acids is 1. The number of urea groups is 1. The van der Waals surface area contributed by atoms with E-state index in [0.29, 0.717) is 12.6 Å². The number of nitrogens with one attached hydrogen (secondary N) is 2. The number of para-hydroxylation sites is 1. The third-order valence-electron chi connectivity index (χ3n) is 4.01. The Morgan fingerprint density at radius 2 is 2.00 bits per heavy atom. The average Bonchev–Trinajstić information content (AvgIpc) is 3.09. The molecule has 1 aliphatic rings. The standard InChI is InChI=1S/C16H21N3O/c20-16(18-14-6-2-3-7-14)17-10-12-19-11-9-13-5-1-4-8-15(13)19/h1,4-5,8-9,11,14H,2-3,6-7,10,12H2,(H2,17,18,20). The highest BCUT2D eigenvalue weighted by molar-refractivity contribution is 5.80. The Morgan fingerprint density at radius 1 is 1.20 bits per heavy atom. The van der Waals surface area contributed by atoms with Crippen molar-refractivity contribution in [2.45, 2.75) is 38.3 Å². The van der Waals surface area contributed by atoms with E-state index < -0.39 is 0 Å². The van der Waals surface area contributed by atoms with Gasteiger partial charge in [0.1, 0.15) is 0 Å². The van der Waals surface area contributed by atoms with E-state index >= 15 is 0 Å². The van der Waals surface area contributed by atoms with Gasteiger partial charge in [-0.05, 0) is 30.4 Å². The Labute approximate surface area is 119 Å². The van der Waals surface area contributed by atoms with Crippen LogP contribution in [0.4, 0.5) is 4.79 Å². The van der Waals surface area contributed by atoms with Crippen LogP contribution >= 0.6 is 0 Å². The van der Waals surface area contributed by atoms with Gasteiger partial charge in [-0.1, -0.05) is 31.0 Å². The lowest BCUT2D eigenvalue weighted by Gasteiger charge is -2.13. The molecule has 4 nitrogen and oxygen atoms in total. The summed E-state index contributed by atoms with van der Waals surface area (Å²) >= 11 is 0. The summed E-state index contributed by atoms with van der Waals surface area (Å²) in [5.74, 6) is 0. The third-order valence-corrected chi connectivity index (χ3v) is 4.01. The predicted molar refractivity (Wildman–Crippen MR) is 80.7 cm³/mol. The average molecular weight is 271 g/mol. The molecule has 106 valence electrons. The van der Waals surface area contributed by atoms with Crippen LogP contribution in [-0.4, -0.2) is 23.2 Å². The van der Waals surface area contributed by atoms with Gasteiger partial charge in [-0.3, -0.25) is 0 Å². The Bertz CT molecular complexity index is 584. The van der Waals surface area contributed by atoms with Gasteiger partial charge in [-0.25, -0.2) is 4.79 Å². The van der Waals surface area contributed by atoms with Crippen molar-refractivity contribution in [3.05, 3.63) is 36.5 Å². The first-order chi connectivity index (χ1) is 9.83. The van der Waals surface area contributed by atoms with Crippen LogP contribution in [0.3, 0.4) is 0 Å². The maximum Gasteiger partial charge on any atom is 0.315 e. The van der Waals surface area contributed by atoms with Crippen LogP contribution in [0.25, 0.3) is 10.9 Å². The van der Waals surface area contributed by atoms with Crippen LogP contribution in [0.15, 0.2) is 36.5 Å². The molecule has 2 aromatic rings. The SMILES string of the molecule is O=C(NCCn1ccc2ccccc21)NC1CCCC1. The summed E-state index contributed by atoms with van der Waals surface area (Å²) in [7, 11) is 0. The van der Waals surface area contributed by atoms with Gasteiger partial charge in [-0.2, -0.15) is 0 Å². The number of nitrogens with zero attached hydrogens (tertiary/aromatic N) is 1. The fourth-order valence-corrected chi connectivity index (χ4v) is 2.93. The molecule has 1 saturated carbocycles. The van der Waals surface area contributed by atoms with Gasteiger partial charge >= 0.3 is 6.03 Å². The first kappa shape index (κ1) is 13.0. The molecule has 0 radical (unpaired) electrons. The summed E-state index contributed by atoms with van der Waals surface area (Å²) in [6.45, 7) is 1.45. The van der Waals surface area contributed by atoms with Gasteiger partial charge in [0.05, 0.1) is 0 Å². The molecule has 20 heavy (non-hydrogen) atoms. The predicted octanol–water partition coefficient (Wildman–Crippen LogP) is 2.88. The number of fused-ring (bicyclic) bond motifs is 1. The molecule has 0 atom stereocenters. The van der Waals surface area contributed by atoms with Crippen molar-refractivity contribution < 1.29 is 4.79 Å². The Kier molecular flexibility index (Phi) is 3.90. The minimum absolute atomic E-state index is 0.0339. The second-order valence-electron chi connectivity index (χ2n) is 5.45. The molecular formula is C16H21N3O. The Hall–Kier alpha value is -1.97.